The summed E-state index contributed by atoms with van der Waals surface area (Å²) in [6.45, 7) is 0.194. The Morgan fingerprint density at radius 3 is 2.44 bits per heavy atom. The van der Waals surface area contributed by atoms with E-state index in [0.29, 0.717) is 0 Å². The van der Waals surface area contributed by atoms with Crippen molar-refractivity contribution in [1.82, 2.24) is 0 Å². The number of hydrogen-bond acceptors (Lipinski definition) is 5. The van der Waals surface area contributed by atoms with E-state index >= 15 is 0 Å². The molecule has 1 fully saturated rings. The van der Waals surface area contributed by atoms with Crippen LogP contribution in [0.4, 0.5) is 0 Å². The van der Waals surface area contributed by atoms with Crippen molar-refractivity contribution in [3.8, 4) is 0 Å². The summed E-state index contributed by atoms with van der Waals surface area (Å²) in [4.78, 5) is 10.6. The first-order chi connectivity index (χ1) is 8.44. The minimum Gasteiger partial charge on any atom is -0.479 e. The van der Waals surface area contributed by atoms with Crippen molar-refractivity contribution in [2.24, 2.45) is 0 Å². The predicted molar refractivity (Wildman–Crippen MR) is 60.8 cm³/mol. The van der Waals surface area contributed by atoms with Crippen molar-refractivity contribution >= 4 is 15.8 Å². The van der Waals surface area contributed by atoms with Gasteiger partial charge in [-0.2, -0.15) is 0 Å². The van der Waals surface area contributed by atoms with E-state index in [9.17, 15) is 18.3 Å². The largest absolute Gasteiger partial charge is 0.479 e. The van der Waals surface area contributed by atoms with Gasteiger partial charge in [0.15, 0.2) is 15.9 Å². The Morgan fingerprint density at radius 2 is 1.94 bits per heavy atom. The Labute approximate surface area is 104 Å². The predicted octanol–water partition coefficient (Wildman–Crippen LogP) is -0.0229. The van der Waals surface area contributed by atoms with Gasteiger partial charge >= 0.3 is 5.97 Å². The van der Waals surface area contributed by atoms with Gasteiger partial charge in [0.2, 0.25) is 0 Å². The zero-order chi connectivity index (χ0) is 13.3. The van der Waals surface area contributed by atoms with Crippen LogP contribution in [-0.2, 0) is 19.4 Å². The number of rotatable bonds is 4. The van der Waals surface area contributed by atoms with E-state index in [1.165, 1.54) is 24.3 Å². The molecule has 0 aliphatic carbocycles. The van der Waals surface area contributed by atoms with Crippen LogP contribution in [-0.4, -0.2) is 43.1 Å². The number of sulfone groups is 1. The number of hydrogen-bond donors (Lipinski definition) is 2. The van der Waals surface area contributed by atoms with Crippen molar-refractivity contribution in [2.45, 2.75) is 16.2 Å². The summed E-state index contributed by atoms with van der Waals surface area (Å²) in [5.74, 6) is -1.48. The molecule has 0 amide bonds. The van der Waals surface area contributed by atoms with Gasteiger partial charge in [-0.15, -0.1) is 0 Å². The third-order valence-electron chi connectivity index (χ3n) is 2.80. The highest BCUT2D eigenvalue weighted by molar-refractivity contribution is 7.92. The number of aliphatic hydroxyl groups is 1. The Hall–Kier alpha value is -1.44. The highest BCUT2D eigenvalue weighted by Crippen LogP contribution is 2.28. The van der Waals surface area contributed by atoms with Crippen LogP contribution in [0.5, 0.6) is 0 Å². The number of carboxylic acids is 1. The number of ether oxygens (including phenoxy) is 1. The van der Waals surface area contributed by atoms with Gasteiger partial charge in [-0.05, 0) is 6.07 Å². The molecule has 98 valence electrons. The van der Waals surface area contributed by atoms with E-state index in [0.717, 1.165) is 0 Å². The van der Waals surface area contributed by atoms with E-state index in [1.54, 1.807) is 0 Å². The molecule has 1 aliphatic heterocycles. The van der Waals surface area contributed by atoms with Gasteiger partial charge in [0.1, 0.15) is 5.25 Å². The number of carboxylic acid groups (broad SMARTS) is 1. The molecule has 1 heterocycles. The number of aliphatic carboxylic acids is 1. The summed E-state index contributed by atoms with van der Waals surface area (Å²) in [6.07, 6.45) is -1.85. The van der Waals surface area contributed by atoms with Gasteiger partial charge in [0.05, 0.1) is 18.1 Å². The average molecular weight is 272 g/mol. The molecule has 1 unspecified atom stereocenters. The highest BCUT2D eigenvalue weighted by Gasteiger charge is 2.36. The zero-order valence-corrected chi connectivity index (χ0v) is 10.1. The number of carbonyl (C=O) groups is 1. The Morgan fingerprint density at radius 1 is 1.33 bits per heavy atom. The van der Waals surface area contributed by atoms with Crippen LogP contribution in [0.1, 0.15) is 11.7 Å². The van der Waals surface area contributed by atoms with E-state index in [2.05, 4.69) is 0 Å². The molecule has 0 saturated carbocycles. The lowest BCUT2D eigenvalue weighted by Gasteiger charge is -2.26. The second-order valence-electron chi connectivity index (χ2n) is 3.98. The molecule has 18 heavy (non-hydrogen) atoms. The number of aliphatic hydroxyl groups excluding tert-OH is 1. The first-order valence-electron chi connectivity index (χ1n) is 5.26. The second-order valence-corrected chi connectivity index (χ2v) is 6.18. The molecule has 1 saturated heterocycles. The SMILES string of the molecule is O=C(O)C(O)c1ccccc1S(=O)(=O)C1COC1. The van der Waals surface area contributed by atoms with E-state index in [1.807, 2.05) is 0 Å². The summed E-state index contributed by atoms with van der Waals surface area (Å²) in [7, 11) is -3.66. The highest BCUT2D eigenvalue weighted by atomic mass is 32.2. The van der Waals surface area contributed by atoms with Gasteiger partial charge in [0.25, 0.3) is 0 Å². The standard InChI is InChI=1S/C11H12O6S/c12-10(11(13)14)8-3-1-2-4-9(8)18(15,16)7-5-17-6-7/h1-4,7,10,12H,5-6H2,(H,13,14). The van der Waals surface area contributed by atoms with E-state index in [4.69, 9.17) is 9.84 Å². The van der Waals surface area contributed by atoms with Crippen molar-refractivity contribution in [1.29, 1.82) is 0 Å². The van der Waals surface area contributed by atoms with Gasteiger partial charge in [0, 0.05) is 5.56 Å². The van der Waals surface area contributed by atoms with Gasteiger partial charge in [-0.1, -0.05) is 18.2 Å². The Bertz CT molecular complexity index is 561. The zero-order valence-electron chi connectivity index (χ0n) is 9.31. The maximum Gasteiger partial charge on any atom is 0.337 e. The smallest absolute Gasteiger partial charge is 0.337 e. The van der Waals surface area contributed by atoms with Crippen LogP contribution in [0, 0.1) is 0 Å². The summed E-state index contributed by atoms with van der Waals surface area (Å²) in [6, 6.07) is 5.57. The van der Waals surface area contributed by atoms with Gasteiger partial charge < -0.3 is 14.9 Å². The molecule has 0 spiro atoms. The minimum absolute atomic E-state index is 0.0971. The summed E-state index contributed by atoms with van der Waals surface area (Å²) < 4.78 is 29.2. The fourth-order valence-corrected chi connectivity index (χ4v) is 3.36. The maximum atomic E-state index is 12.2. The molecule has 7 heteroatoms. The molecule has 0 bridgehead atoms. The molecule has 1 aromatic rings. The van der Waals surface area contributed by atoms with Crippen molar-refractivity contribution < 1.29 is 28.2 Å². The third-order valence-corrected chi connectivity index (χ3v) is 4.94. The molecule has 1 aliphatic rings. The summed E-state index contributed by atoms with van der Waals surface area (Å²) in [5.41, 5.74) is -0.114. The van der Waals surface area contributed by atoms with Crippen molar-refractivity contribution in [2.75, 3.05) is 13.2 Å². The van der Waals surface area contributed by atoms with Crippen LogP contribution in [0.25, 0.3) is 0 Å². The maximum absolute atomic E-state index is 12.2. The fraction of sp³-hybridized carbons (Fsp3) is 0.364. The number of benzene rings is 1. The Balaban J connectivity index is 2.48. The molecule has 6 nitrogen and oxygen atoms in total. The first kappa shape index (κ1) is 13.0. The quantitative estimate of drug-likeness (QED) is 0.798. The topological polar surface area (TPSA) is 101 Å². The van der Waals surface area contributed by atoms with Crippen LogP contribution in [0.15, 0.2) is 29.2 Å². The van der Waals surface area contributed by atoms with Crippen LogP contribution in [0.2, 0.25) is 0 Å². The lowest BCUT2D eigenvalue weighted by molar-refractivity contribution is -0.147. The van der Waals surface area contributed by atoms with Crippen LogP contribution in [0.3, 0.4) is 0 Å². The lowest BCUT2D eigenvalue weighted by Crippen LogP contribution is -2.41. The molecule has 2 N–H and O–H groups in total. The second kappa shape index (κ2) is 4.68. The molecular formula is C11H12O6S. The summed E-state index contributed by atoms with van der Waals surface area (Å²) in [5, 5.41) is 17.6. The van der Waals surface area contributed by atoms with Crippen LogP contribution < -0.4 is 0 Å². The monoisotopic (exact) mass is 272 g/mol. The van der Waals surface area contributed by atoms with E-state index in [-0.39, 0.29) is 23.7 Å². The molecule has 0 aromatic heterocycles. The lowest BCUT2D eigenvalue weighted by atomic mass is 10.1. The van der Waals surface area contributed by atoms with Crippen molar-refractivity contribution in [3.05, 3.63) is 29.8 Å². The van der Waals surface area contributed by atoms with Crippen LogP contribution >= 0.6 is 0 Å². The normalized spacial score (nSPS) is 18.1. The molecule has 0 radical (unpaired) electrons. The minimum atomic E-state index is -3.66. The fourth-order valence-electron chi connectivity index (χ4n) is 1.67. The molecule has 2 rings (SSSR count). The van der Waals surface area contributed by atoms with Gasteiger partial charge in [-0.25, -0.2) is 13.2 Å². The molecular weight excluding hydrogens is 260 g/mol. The molecule has 1 atom stereocenters. The van der Waals surface area contributed by atoms with Gasteiger partial charge in [-0.3, -0.25) is 0 Å². The average Bonchev–Trinajstić information content (AvgIpc) is 2.25. The third kappa shape index (κ3) is 2.12. The molecule has 1 aromatic carbocycles. The Kier molecular flexibility index (Phi) is 3.38. The first-order valence-corrected chi connectivity index (χ1v) is 6.80. The summed E-state index contributed by atoms with van der Waals surface area (Å²) >= 11 is 0. The van der Waals surface area contributed by atoms with E-state index < -0.39 is 27.2 Å². The van der Waals surface area contributed by atoms with Crippen molar-refractivity contribution in [3.63, 3.8) is 0 Å².